The molecule has 0 spiro atoms. The standard InChI is InChI=1S/C22H26N4OS/c1-16-20(15-21(27)24-26-12-10-25(2)11-13-26)28-22(23-16)14-18-8-5-7-17-6-3-4-9-19(17)18/h3-9H,10-15H2,1-2H3,(H,24,27). The Morgan fingerprint density at radius 1 is 1.11 bits per heavy atom. The molecule has 0 radical (unpaired) electrons. The van der Waals surface area contributed by atoms with Crippen LogP contribution in [0.15, 0.2) is 42.5 Å². The zero-order valence-electron chi connectivity index (χ0n) is 16.4. The van der Waals surface area contributed by atoms with Crippen LogP contribution in [0.1, 0.15) is 21.1 Å². The fourth-order valence-electron chi connectivity index (χ4n) is 3.62. The topological polar surface area (TPSA) is 48.5 Å². The van der Waals surface area contributed by atoms with Gasteiger partial charge in [0.15, 0.2) is 0 Å². The first-order chi connectivity index (χ1) is 13.6. The van der Waals surface area contributed by atoms with E-state index in [0.29, 0.717) is 6.42 Å². The first kappa shape index (κ1) is 19.1. The zero-order chi connectivity index (χ0) is 19.5. The van der Waals surface area contributed by atoms with Crippen LogP contribution in [0.4, 0.5) is 0 Å². The van der Waals surface area contributed by atoms with Crippen LogP contribution < -0.4 is 5.43 Å². The maximum atomic E-state index is 12.5. The summed E-state index contributed by atoms with van der Waals surface area (Å²) in [5, 5.41) is 5.61. The molecule has 2 aromatic carbocycles. The highest BCUT2D eigenvalue weighted by atomic mass is 32.1. The first-order valence-electron chi connectivity index (χ1n) is 9.73. The molecule has 146 valence electrons. The van der Waals surface area contributed by atoms with Crippen LogP contribution in [-0.4, -0.2) is 54.0 Å². The molecular weight excluding hydrogens is 368 g/mol. The molecule has 0 saturated carbocycles. The number of aromatic nitrogens is 1. The van der Waals surface area contributed by atoms with Crippen molar-refractivity contribution in [1.29, 1.82) is 0 Å². The third kappa shape index (κ3) is 4.41. The van der Waals surface area contributed by atoms with Crippen molar-refractivity contribution in [3.8, 4) is 0 Å². The summed E-state index contributed by atoms with van der Waals surface area (Å²) in [5.41, 5.74) is 5.29. The van der Waals surface area contributed by atoms with Crippen molar-refractivity contribution < 1.29 is 4.79 Å². The SMILES string of the molecule is Cc1nc(Cc2cccc3ccccc23)sc1CC(=O)NN1CCN(C)CC1. The minimum absolute atomic E-state index is 0.0491. The summed E-state index contributed by atoms with van der Waals surface area (Å²) in [7, 11) is 2.11. The highest BCUT2D eigenvalue weighted by Gasteiger charge is 2.18. The number of carbonyl (C=O) groups is 1. The predicted molar refractivity (Wildman–Crippen MR) is 115 cm³/mol. The highest BCUT2D eigenvalue weighted by molar-refractivity contribution is 7.11. The van der Waals surface area contributed by atoms with Gasteiger partial charge in [-0.25, -0.2) is 9.99 Å². The van der Waals surface area contributed by atoms with Crippen molar-refractivity contribution in [3.05, 3.63) is 63.6 Å². The van der Waals surface area contributed by atoms with E-state index in [0.717, 1.165) is 48.2 Å². The Kier molecular flexibility index (Phi) is 5.71. The molecule has 0 bridgehead atoms. The van der Waals surface area contributed by atoms with Crippen LogP contribution in [0.2, 0.25) is 0 Å². The van der Waals surface area contributed by atoms with Crippen molar-refractivity contribution in [2.45, 2.75) is 19.8 Å². The van der Waals surface area contributed by atoms with E-state index in [2.05, 4.69) is 59.8 Å². The number of nitrogens with zero attached hydrogens (tertiary/aromatic N) is 3. The number of hydrogen-bond acceptors (Lipinski definition) is 5. The number of amides is 1. The summed E-state index contributed by atoms with van der Waals surface area (Å²) in [6.07, 6.45) is 1.19. The van der Waals surface area contributed by atoms with Gasteiger partial charge in [0.25, 0.3) is 0 Å². The van der Waals surface area contributed by atoms with Gasteiger partial charge < -0.3 is 4.90 Å². The number of piperazine rings is 1. The molecule has 5 nitrogen and oxygen atoms in total. The van der Waals surface area contributed by atoms with Crippen molar-refractivity contribution >= 4 is 28.0 Å². The Labute approximate surface area is 170 Å². The Morgan fingerprint density at radius 3 is 2.68 bits per heavy atom. The van der Waals surface area contributed by atoms with Crippen LogP contribution in [0.3, 0.4) is 0 Å². The van der Waals surface area contributed by atoms with Crippen molar-refractivity contribution in [3.63, 3.8) is 0 Å². The molecule has 1 amide bonds. The van der Waals surface area contributed by atoms with Gasteiger partial charge in [0.05, 0.1) is 17.1 Å². The summed E-state index contributed by atoms with van der Waals surface area (Å²) < 4.78 is 0. The van der Waals surface area contributed by atoms with Crippen molar-refractivity contribution in [2.24, 2.45) is 0 Å². The molecule has 4 rings (SSSR count). The lowest BCUT2D eigenvalue weighted by Crippen LogP contribution is -2.52. The predicted octanol–water partition coefficient (Wildman–Crippen LogP) is 3.02. The summed E-state index contributed by atoms with van der Waals surface area (Å²) in [6.45, 7) is 5.71. The number of nitrogens with one attached hydrogen (secondary N) is 1. The summed E-state index contributed by atoms with van der Waals surface area (Å²) in [6, 6.07) is 14.8. The smallest absolute Gasteiger partial charge is 0.239 e. The maximum Gasteiger partial charge on any atom is 0.239 e. The fraction of sp³-hybridized carbons (Fsp3) is 0.364. The zero-order valence-corrected chi connectivity index (χ0v) is 17.3. The molecule has 1 saturated heterocycles. The first-order valence-corrected chi connectivity index (χ1v) is 10.5. The number of hydrazine groups is 1. The molecule has 1 aliphatic heterocycles. The van der Waals surface area contributed by atoms with Gasteiger partial charge in [0.2, 0.25) is 5.91 Å². The lowest BCUT2D eigenvalue weighted by Gasteiger charge is -2.32. The van der Waals surface area contributed by atoms with Crippen LogP contribution in [0.25, 0.3) is 10.8 Å². The molecule has 0 aliphatic carbocycles. The van der Waals surface area contributed by atoms with Crippen LogP contribution in [-0.2, 0) is 17.6 Å². The van der Waals surface area contributed by atoms with E-state index in [1.807, 2.05) is 11.9 Å². The Hall–Kier alpha value is -2.28. The van der Waals surface area contributed by atoms with E-state index >= 15 is 0 Å². The molecule has 28 heavy (non-hydrogen) atoms. The van der Waals surface area contributed by atoms with Crippen LogP contribution >= 0.6 is 11.3 Å². The average Bonchev–Trinajstić information content (AvgIpc) is 3.03. The quantitative estimate of drug-likeness (QED) is 0.723. The van der Waals surface area contributed by atoms with Gasteiger partial charge in [-0.05, 0) is 30.3 Å². The van der Waals surface area contributed by atoms with Gasteiger partial charge >= 0.3 is 0 Å². The van der Waals surface area contributed by atoms with E-state index in [-0.39, 0.29) is 5.91 Å². The molecule has 1 fully saturated rings. The monoisotopic (exact) mass is 394 g/mol. The minimum atomic E-state index is 0.0491. The molecule has 2 heterocycles. The number of likely N-dealkylation sites (N-methyl/N-ethyl adjacent to an activating group) is 1. The third-order valence-corrected chi connectivity index (χ3v) is 6.42. The molecule has 0 atom stereocenters. The molecule has 1 aliphatic rings. The lowest BCUT2D eigenvalue weighted by molar-refractivity contribution is -0.126. The number of thiazole rings is 1. The molecule has 1 N–H and O–H groups in total. The molecule has 6 heteroatoms. The molecule has 1 aromatic heterocycles. The van der Waals surface area contributed by atoms with Crippen LogP contribution in [0, 0.1) is 6.92 Å². The summed E-state index contributed by atoms with van der Waals surface area (Å²) in [4.78, 5) is 20.5. The number of fused-ring (bicyclic) bond motifs is 1. The summed E-state index contributed by atoms with van der Waals surface area (Å²) >= 11 is 1.65. The second-order valence-electron chi connectivity index (χ2n) is 7.43. The van der Waals surface area contributed by atoms with E-state index in [1.54, 1.807) is 11.3 Å². The normalized spacial score (nSPS) is 15.8. The van der Waals surface area contributed by atoms with Crippen molar-refractivity contribution in [1.82, 2.24) is 20.3 Å². The Balaban J connectivity index is 1.42. The van der Waals surface area contributed by atoms with E-state index in [9.17, 15) is 4.79 Å². The maximum absolute atomic E-state index is 12.5. The number of hydrogen-bond donors (Lipinski definition) is 1. The van der Waals surface area contributed by atoms with E-state index in [1.165, 1.54) is 16.3 Å². The number of carbonyl (C=O) groups excluding carboxylic acids is 1. The Morgan fingerprint density at radius 2 is 1.86 bits per heavy atom. The number of rotatable bonds is 5. The average molecular weight is 395 g/mol. The van der Waals surface area contributed by atoms with E-state index < -0.39 is 0 Å². The van der Waals surface area contributed by atoms with Crippen molar-refractivity contribution in [2.75, 3.05) is 33.2 Å². The van der Waals surface area contributed by atoms with Gasteiger partial charge in [0.1, 0.15) is 0 Å². The van der Waals surface area contributed by atoms with Gasteiger partial charge in [-0.15, -0.1) is 11.3 Å². The fourth-order valence-corrected chi connectivity index (χ4v) is 4.71. The van der Waals surface area contributed by atoms with Gasteiger partial charge in [0, 0.05) is 37.5 Å². The van der Waals surface area contributed by atoms with E-state index in [4.69, 9.17) is 4.98 Å². The lowest BCUT2D eigenvalue weighted by atomic mass is 10.0. The minimum Gasteiger partial charge on any atom is -0.304 e. The van der Waals surface area contributed by atoms with Crippen LogP contribution in [0.5, 0.6) is 0 Å². The highest BCUT2D eigenvalue weighted by Crippen LogP contribution is 2.25. The largest absolute Gasteiger partial charge is 0.304 e. The molecule has 0 unspecified atom stereocenters. The third-order valence-electron chi connectivity index (χ3n) is 5.27. The van der Waals surface area contributed by atoms with Gasteiger partial charge in [-0.1, -0.05) is 42.5 Å². The Bertz CT molecular complexity index is 970. The second-order valence-corrected chi connectivity index (χ2v) is 8.60. The van der Waals surface area contributed by atoms with Gasteiger partial charge in [-0.2, -0.15) is 0 Å². The number of benzene rings is 2. The molecular formula is C22H26N4OS. The van der Waals surface area contributed by atoms with Gasteiger partial charge in [-0.3, -0.25) is 10.2 Å². The molecule has 3 aromatic rings. The second kappa shape index (κ2) is 8.39. The summed E-state index contributed by atoms with van der Waals surface area (Å²) in [5.74, 6) is 0.0491. The number of aryl methyl sites for hydroxylation is 1.